The van der Waals surface area contributed by atoms with Crippen molar-refractivity contribution >= 4 is 22.7 Å². The molecular formula is C12H16N4O5. The Kier molecular flexibility index (Phi) is 4.07. The zero-order valence-electron chi connectivity index (χ0n) is 11.3. The van der Waals surface area contributed by atoms with Gasteiger partial charge in [-0.05, 0) is 0 Å². The van der Waals surface area contributed by atoms with Crippen LogP contribution in [0.15, 0.2) is 12.4 Å². The Balaban J connectivity index is 2.64. The van der Waals surface area contributed by atoms with E-state index in [2.05, 4.69) is 15.4 Å². The predicted octanol–water partition coefficient (Wildman–Crippen LogP) is -1.21. The minimum atomic E-state index is -1.45. The molecule has 0 unspecified atom stereocenters. The first-order chi connectivity index (χ1) is 9.98. The van der Waals surface area contributed by atoms with Gasteiger partial charge < -0.3 is 25.7 Å². The number of hydrogen-bond donors (Lipinski definition) is 5. The van der Waals surface area contributed by atoms with E-state index < -0.39 is 31.3 Å². The zero-order valence-corrected chi connectivity index (χ0v) is 11.3. The minimum Gasteiger partial charge on any atom is -0.478 e. The van der Waals surface area contributed by atoms with E-state index >= 15 is 0 Å². The van der Waals surface area contributed by atoms with Crippen LogP contribution in [0.1, 0.15) is 10.4 Å². The van der Waals surface area contributed by atoms with E-state index in [-0.39, 0.29) is 11.3 Å². The van der Waals surface area contributed by atoms with Gasteiger partial charge in [0.15, 0.2) is 5.65 Å². The summed E-state index contributed by atoms with van der Waals surface area (Å²) in [7, 11) is 1.65. The van der Waals surface area contributed by atoms with Crippen LogP contribution < -0.4 is 5.32 Å². The zero-order chi connectivity index (χ0) is 15.6. The largest absolute Gasteiger partial charge is 0.478 e. The van der Waals surface area contributed by atoms with Gasteiger partial charge >= 0.3 is 5.97 Å². The number of carboxylic acid groups (broad SMARTS) is 1. The molecule has 0 aliphatic rings. The van der Waals surface area contributed by atoms with Crippen LogP contribution in [0.4, 0.5) is 5.69 Å². The Bertz CT molecular complexity index is 657. The average molecular weight is 296 g/mol. The highest BCUT2D eigenvalue weighted by molar-refractivity contribution is 6.03. The van der Waals surface area contributed by atoms with Crippen molar-refractivity contribution in [2.75, 3.05) is 25.1 Å². The number of nitrogens with one attached hydrogen (secondary N) is 1. The molecule has 2 aromatic rings. The number of aliphatic hydroxyl groups excluding tert-OH is 3. The van der Waals surface area contributed by atoms with Crippen molar-refractivity contribution in [3.05, 3.63) is 18.0 Å². The summed E-state index contributed by atoms with van der Waals surface area (Å²) >= 11 is 0. The van der Waals surface area contributed by atoms with E-state index in [1.54, 1.807) is 7.05 Å². The molecule has 9 heteroatoms. The van der Waals surface area contributed by atoms with Gasteiger partial charge in [-0.3, -0.25) is 4.68 Å². The Morgan fingerprint density at radius 1 is 1.29 bits per heavy atom. The van der Waals surface area contributed by atoms with Crippen molar-refractivity contribution in [1.29, 1.82) is 0 Å². The van der Waals surface area contributed by atoms with Crippen molar-refractivity contribution in [2.24, 2.45) is 7.05 Å². The number of fused-ring (bicyclic) bond motifs is 1. The second-order valence-corrected chi connectivity index (χ2v) is 4.74. The number of aryl methyl sites for hydroxylation is 1. The van der Waals surface area contributed by atoms with Crippen molar-refractivity contribution in [3.63, 3.8) is 0 Å². The minimum absolute atomic E-state index is 0.137. The van der Waals surface area contributed by atoms with Gasteiger partial charge in [-0.25, -0.2) is 9.78 Å². The molecular weight excluding hydrogens is 280 g/mol. The van der Waals surface area contributed by atoms with Gasteiger partial charge in [0.1, 0.15) is 11.1 Å². The molecule has 0 saturated heterocycles. The second kappa shape index (κ2) is 5.64. The van der Waals surface area contributed by atoms with Crippen molar-refractivity contribution in [2.45, 2.75) is 5.54 Å². The maximum Gasteiger partial charge on any atom is 0.339 e. The maximum atomic E-state index is 11.3. The first-order valence-electron chi connectivity index (χ1n) is 6.13. The second-order valence-electron chi connectivity index (χ2n) is 4.74. The molecule has 0 amide bonds. The highest BCUT2D eigenvalue weighted by atomic mass is 16.4. The van der Waals surface area contributed by atoms with Crippen LogP contribution in [-0.4, -0.2) is 66.5 Å². The Labute approximate surface area is 119 Å². The molecule has 0 aromatic carbocycles. The molecule has 2 aromatic heterocycles. The molecule has 0 saturated carbocycles. The molecule has 0 fully saturated rings. The van der Waals surface area contributed by atoms with Crippen molar-refractivity contribution < 1.29 is 25.2 Å². The number of rotatable bonds is 6. The van der Waals surface area contributed by atoms with Gasteiger partial charge in [-0.2, -0.15) is 5.10 Å². The maximum absolute atomic E-state index is 11.3. The highest BCUT2D eigenvalue weighted by Crippen LogP contribution is 2.28. The Morgan fingerprint density at radius 3 is 2.43 bits per heavy atom. The summed E-state index contributed by atoms with van der Waals surface area (Å²) in [5.41, 5.74) is -1.02. The number of aliphatic hydroxyl groups is 3. The fourth-order valence-electron chi connectivity index (χ4n) is 1.93. The lowest BCUT2D eigenvalue weighted by Crippen LogP contribution is -2.49. The van der Waals surface area contributed by atoms with Crippen LogP contribution in [0.25, 0.3) is 11.0 Å². The summed E-state index contributed by atoms with van der Waals surface area (Å²) in [6.07, 6.45) is 2.58. The summed E-state index contributed by atoms with van der Waals surface area (Å²) < 4.78 is 1.46. The molecule has 5 N–H and O–H groups in total. The van der Waals surface area contributed by atoms with E-state index in [1.807, 2.05) is 0 Å². The van der Waals surface area contributed by atoms with E-state index in [0.717, 1.165) is 6.20 Å². The fourth-order valence-corrected chi connectivity index (χ4v) is 1.93. The summed E-state index contributed by atoms with van der Waals surface area (Å²) in [6.45, 7) is -1.74. The number of anilines is 1. The number of aromatic nitrogens is 3. The molecule has 2 rings (SSSR count). The summed E-state index contributed by atoms with van der Waals surface area (Å²) in [5, 5.41) is 44.5. The van der Waals surface area contributed by atoms with E-state index in [0.29, 0.717) is 11.0 Å². The third kappa shape index (κ3) is 2.53. The molecule has 9 nitrogen and oxygen atoms in total. The van der Waals surface area contributed by atoms with Gasteiger partial charge in [0.05, 0.1) is 37.1 Å². The van der Waals surface area contributed by atoms with Gasteiger partial charge in [-0.1, -0.05) is 0 Å². The summed E-state index contributed by atoms with van der Waals surface area (Å²) in [6, 6.07) is 0. The van der Waals surface area contributed by atoms with E-state index in [4.69, 9.17) is 0 Å². The number of nitrogens with zero attached hydrogens (tertiary/aromatic N) is 3. The molecule has 114 valence electrons. The monoisotopic (exact) mass is 296 g/mol. The third-order valence-corrected chi connectivity index (χ3v) is 3.29. The molecule has 0 radical (unpaired) electrons. The van der Waals surface area contributed by atoms with Gasteiger partial charge in [-0.15, -0.1) is 0 Å². The van der Waals surface area contributed by atoms with Crippen LogP contribution in [-0.2, 0) is 7.05 Å². The molecule has 0 aliphatic carbocycles. The van der Waals surface area contributed by atoms with Crippen LogP contribution >= 0.6 is 0 Å². The SMILES string of the molecule is Cn1ncc2c(NC(CO)(CO)CO)c(C(=O)O)cnc21. The van der Waals surface area contributed by atoms with Crippen molar-refractivity contribution in [1.82, 2.24) is 14.8 Å². The molecule has 0 spiro atoms. The van der Waals surface area contributed by atoms with E-state index in [1.165, 1.54) is 10.9 Å². The number of carbonyl (C=O) groups is 1. The number of carboxylic acids is 1. The summed E-state index contributed by atoms with van der Waals surface area (Å²) in [5.74, 6) is -1.22. The number of pyridine rings is 1. The number of aromatic carboxylic acids is 1. The molecule has 0 aliphatic heterocycles. The average Bonchev–Trinajstić information content (AvgIpc) is 2.87. The summed E-state index contributed by atoms with van der Waals surface area (Å²) in [4.78, 5) is 15.4. The van der Waals surface area contributed by atoms with Gasteiger partial charge in [0.25, 0.3) is 0 Å². The highest BCUT2D eigenvalue weighted by Gasteiger charge is 2.31. The first kappa shape index (κ1) is 15.2. The third-order valence-electron chi connectivity index (χ3n) is 3.29. The molecule has 2 heterocycles. The lowest BCUT2D eigenvalue weighted by molar-refractivity contribution is 0.0692. The number of hydrogen-bond acceptors (Lipinski definition) is 7. The first-order valence-corrected chi connectivity index (χ1v) is 6.13. The molecule has 21 heavy (non-hydrogen) atoms. The molecule has 0 atom stereocenters. The van der Waals surface area contributed by atoms with Gasteiger partial charge in [0, 0.05) is 13.2 Å². The van der Waals surface area contributed by atoms with Crippen LogP contribution in [0.3, 0.4) is 0 Å². The van der Waals surface area contributed by atoms with Crippen LogP contribution in [0.2, 0.25) is 0 Å². The standard InChI is InChI=1S/C12H16N4O5/c1-16-10-7(3-14-16)9(8(2-13-10)11(20)21)15-12(4-17,5-18)6-19/h2-3,17-19H,4-6H2,1H3,(H,13,15)(H,20,21). The quantitative estimate of drug-likeness (QED) is 0.447. The van der Waals surface area contributed by atoms with Crippen LogP contribution in [0.5, 0.6) is 0 Å². The molecule has 0 bridgehead atoms. The lowest BCUT2D eigenvalue weighted by Gasteiger charge is -2.30. The normalized spacial score (nSPS) is 11.8. The van der Waals surface area contributed by atoms with Crippen LogP contribution in [0, 0.1) is 0 Å². The fraction of sp³-hybridized carbons (Fsp3) is 0.417. The Morgan fingerprint density at radius 2 is 1.90 bits per heavy atom. The Hall–Kier alpha value is -2.23. The topological polar surface area (TPSA) is 141 Å². The lowest BCUT2D eigenvalue weighted by atomic mass is 10.0. The van der Waals surface area contributed by atoms with Gasteiger partial charge in [0.2, 0.25) is 0 Å². The predicted molar refractivity (Wildman–Crippen MR) is 73.1 cm³/mol. The van der Waals surface area contributed by atoms with E-state index in [9.17, 15) is 25.2 Å². The van der Waals surface area contributed by atoms with Crippen molar-refractivity contribution in [3.8, 4) is 0 Å². The smallest absolute Gasteiger partial charge is 0.339 e.